The molecule has 0 heterocycles. The molecule has 0 aromatic heterocycles. The fourth-order valence-electron chi connectivity index (χ4n) is 5.14. The maximum Gasteiger partial charge on any atom is 0.222 e. The third-order valence-electron chi connectivity index (χ3n) is 7.11. The van der Waals surface area contributed by atoms with Gasteiger partial charge < -0.3 is 14.4 Å². The number of likely N-dealkylation sites (N-methyl/N-ethyl adjacent to an activating group) is 1. The summed E-state index contributed by atoms with van der Waals surface area (Å²) in [5.41, 5.74) is 1.25. The molecule has 1 aromatic carbocycles. The number of hydrogen-bond donors (Lipinski definition) is 0. The van der Waals surface area contributed by atoms with Crippen LogP contribution in [0.25, 0.3) is 0 Å². The zero-order valence-corrected chi connectivity index (χ0v) is 19.3. The van der Waals surface area contributed by atoms with E-state index < -0.39 is 0 Å². The zero-order chi connectivity index (χ0) is 21.3. The van der Waals surface area contributed by atoms with Crippen molar-refractivity contribution in [3.05, 3.63) is 23.8 Å². The molecular weight excluding hydrogens is 374 g/mol. The minimum atomic E-state index is 0.304. The van der Waals surface area contributed by atoms with Gasteiger partial charge in [0.1, 0.15) is 0 Å². The lowest BCUT2D eigenvalue weighted by atomic mass is 9.86. The van der Waals surface area contributed by atoms with Crippen molar-refractivity contribution in [3.8, 4) is 11.5 Å². The Morgan fingerprint density at radius 2 is 1.73 bits per heavy atom. The Morgan fingerprint density at radius 1 is 1.03 bits per heavy atom. The first-order chi connectivity index (χ1) is 14.6. The van der Waals surface area contributed by atoms with Gasteiger partial charge in [-0.05, 0) is 75.5 Å². The first-order valence-electron chi connectivity index (χ1n) is 12.3. The molecule has 1 aromatic rings. The Balaban J connectivity index is 1.67. The van der Waals surface area contributed by atoms with Crippen LogP contribution in [0, 0.1) is 5.92 Å². The van der Waals surface area contributed by atoms with Gasteiger partial charge in [0.15, 0.2) is 11.5 Å². The Kier molecular flexibility index (Phi) is 8.89. The summed E-state index contributed by atoms with van der Waals surface area (Å²) in [4.78, 5) is 15.1. The molecule has 0 radical (unpaired) electrons. The van der Waals surface area contributed by atoms with Gasteiger partial charge >= 0.3 is 0 Å². The number of rotatable bonds is 10. The monoisotopic (exact) mass is 415 g/mol. The van der Waals surface area contributed by atoms with E-state index in [4.69, 9.17) is 9.47 Å². The molecule has 0 N–H and O–H groups in total. The fourth-order valence-corrected chi connectivity index (χ4v) is 5.14. The van der Waals surface area contributed by atoms with Crippen LogP contribution in [0.5, 0.6) is 11.5 Å². The normalized spacial score (nSPS) is 18.9. The molecule has 0 aliphatic heterocycles. The van der Waals surface area contributed by atoms with Gasteiger partial charge in [-0.3, -0.25) is 4.79 Å². The van der Waals surface area contributed by atoms with Crippen LogP contribution in [-0.4, -0.2) is 37.1 Å². The second-order valence-electron chi connectivity index (χ2n) is 9.18. The molecule has 3 rings (SSSR count). The molecule has 4 heteroatoms. The Bertz CT molecular complexity index is 662. The lowest BCUT2D eigenvalue weighted by Crippen LogP contribution is -2.35. The van der Waals surface area contributed by atoms with Crippen LogP contribution in [0.3, 0.4) is 0 Å². The van der Waals surface area contributed by atoms with E-state index in [0.717, 1.165) is 50.3 Å². The van der Waals surface area contributed by atoms with E-state index in [1.807, 2.05) is 6.07 Å². The third-order valence-corrected chi connectivity index (χ3v) is 7.11. The Morgan fingerprint density at radius 3 is 2.37 bits per heavy atom. The number of methoxy groups -OCH3 is 1. The molecule has 30 heavy (non-hydrogen) atoms. The second-order valence-corrected chi connectivity index (χ2v) is 9.18. The van der Waals surface area contributed by atoms with Crippen molar-refractivity contribution in [1.29, 1.82) is 0 Å². The highest BCUT2D eigenvalue weighted by atomic mass is 16.5. The molecule has 1 atom stereocenters. The first kappa shape index (κ1) is 23.0. The lowest BCUT2D eigenvalue weighted by Gasteiger charge is -2.29. The number of carbonyl (C=O) groups excluding carboxylic acids is 1. The van der Waals surface area contributed by atoms with Crippen molar-refractivity contribution in [2.45, 2.75) is 96.5 Å². The third kappa shape index (κ3) is 6.15. The maximum absolute atomic E-state index is 13.0. The van der Waals surface area contributed by atoms with E-state index in [1.165, 1.54) is 50.5 Å². The van der Waals surface area contributed by atoms with Gasteiger partial charge in [-0.1, -0.05) is 32.3 Å². The van der Waals surface area contributed by atoms with Crippen molar-refractivity contribution in [3.63, 3.8) is 0 Å². The van der Waals surface area contributed by atoms with E-state index in [0.29, 0.717) is 23.8 Å². The van der Waals surface area contributed by atoms with E-state index in [2.05, 4.69) is 30.9 Å². The van der Waals surface area contributed by atoms with Crippen LogP contribution in [0.2, 0.25) is 0 Å². The van der Waals surface area contributed by atoms with Crippen LogP contribution < -0.4 is 9.47 Å². The van der Waals surface area contributed by atoms with E-state index in [9.17, 15) is 4.79 Å². The van der Waals surface area contributed by atoms with Gasteiger partial charge in [0, 0.05) is 25.4 Å². The highest BCUT2D eigenvalue weighted by Gasteiger charge is 2.24. The SMILES string of the molecule is CCC(CN(CC)C(=O)CC1CCCCC1)c1ccc(OC)c(OC2CCCC2)c1. The summed E-state index contributed by atoms with van der Waals surface area (Å²) in [5.74, 6) is 2.90. The fraction of sp³-hybridized carbons (Fsp3) is 0.731. The molecule has 4 nitrogen and oxygen atoms in total. The number of carbonyl (C=O) groups is 1. The van der Waals surface area contributed by atoms with Crippen LogP contribution in [0.4, 0.5) is 0 Å². The molecule has 2 aliphatic carbocycles. The molecule has 2 fully saturated rings. The summed E-state index contributed by atoms with van der Waals surface area (Å²) < 4.78 is 11.9. The highest BCUT2D eigenvalue weighted by molar-refractivity contribution is 5.76. The van der Waals surface area contributed by atoms with E-state index in [1.54, 1.807) is 7.11 Å². The molecule has 168 valence electrons. The summed E-state index contributed by atoms with van der Waals surface area (Å²) in [6.07, 6.45) is 13.1. The predicted molar refractivity (Wildman–Crippen MR) is 122 cm³/mol. The lowest BCUT2D eigenvalue weighted by molar-refractivity contribution is -0.132. The highest BCUT2D eigenvalue weighted by Crippen LogP contribution is 2.35. The number of hydrogen-bond acceptors (Lipinski definition) is 3. The van der Waals surface area contributed by atoms with Crippen LogP contribution >= 0.6 is 0 Å². The van der Waals surface area contributed by atoms with Crippen molar-refractivity contribution in [2.24, 2.45) is 5.92 Å². The van der Waals surface area contributed by atoms with Gasteiger partial charge in [-0.15, -0.1) is 0 Å². The van der Waals surface area contributed by atoms with Gasteiger partial charge in [0.05, 0.1) is 13.2 Å². The van der Waals surface area contributed by atoms with Gasteiger partial charge in [-0.25, -0.2) is 0 Å². The largest absolute Gasteiger partial charge is 0.493 e. The topological polar surface area (TPSA) is 38.8 Å². The number of benzene rings is 1. The van der Waals surface area contributed by atoms with Crippen molar-refractivity contribution in [1.82, 2.24) is 4.90 Å². The van der Waals surface area contributed by atoms with Crippen molar-refractivity contribution in [2.75, 3.05) is 20.2 Å². The van der Waals surface area contributed by atoms with E-state index in [-0.39, 0.29) is 0 Å². The molecule has 0 spiro atoms. The molecule has 2 saturated carbocycles. The summed E-state index contributed by atoms with van der Waals surface area (Å²) in [6.45, 7) is 5.89. The van der Waals surface area contributed by atoms with E-state index >= 15 is 0 Å². The van der Waals surface area contributed by atoms with Crippen LogP contribution in [0.1, 0.15) is 96.0 Å². The van der Waals surface area contributed by atoms with Crippen molar-refractivity contribution < 1.29 is 14.3 Å². The zero-order valence-electron chi connectivity index (χ0n) is 19.3. The van der Waals surface area contributed by atoms with Crippen molar-refractivity contribution >= 4 is 5.91 Å². The Hall–Kier alpha value is -1.71. The number of nitrogens with zero attached hydrogens (tertiary/aromatic N) is 1. The van der Waals surface area contributed by atoms with Gasteiger partial charge in [0.25, 0.3) is 0 Å². The molecule has 1 unspecified atom stereocenters. The van der Waals surface area contributed by atoms with Crippen LogP contribution in [0.15, 0.2) is 18.2 Å². The molecule has 1 amide bonds. The second kappa shape index (κ2) is 11.6. The average Bonchev–Trinajstić information content (AvgIpc) is 3.28. The number of ether oxygens (including phenoxy) is 2. The van der Waals surface area contributed by atoms with Gasteiger partial charge in [-0.2, -0.15) is 0 Å². The maximum atomic E-state index is 13.0. The quantitative estimate of drug-likeness (QED) is 0.448. The average molecular weight is 416 g/mol. The smallest absolute Gasteiger partial charge is 0.222 e. The molecule has 0 saturated heterocycles. The minimum Gasteiger partial charge on any atom is -0.493 e. The minimum absolute atomic E-state index is 0.304. The standard InChI is InChI=1S/C26H41NO3/c1-4-21(19-27(5-2)26(28)17-20-11-7-6-8-12-20)22-15-16-24(29-3)25(18-22)30-23-13-9-10-14-23/h15-16,18,20-21,23H,4-14,17,19H2,1-3H3. The molecule has 0 bridgehead atoms. The molecule has 2 aliphatic rings. The predicted octanol–water partition coefficient (Wildman–Crippen LogP) is 6.33. The number of amides is 1. The van der Waals surface area contributed by atoms with Crippen LogP contribution in [-0.2, 0) is 4.79 Å². The summed E-state index contributed by atoms with van der Waals surface area (Å²) in [6, 6.07) is 6.33. The summed E-state index contributed by atoms with van der Waals surface area (Å²) >= 11 is 0. The molecular formula is C26H41NO3. The first-order valence-corrected chi connectivity index (χ1v) is 12.3. The summed E-state index contributed by atoms with van der Waals surface area (Å²) in [7, 11) is 1.70. The summed E-state index contributed by atoms with van der Waals surface area (Å²) in [5, 5.41) is 0. The van der Waals surface area contributed by atoms with Gasteiger partial charge in [0.2, 0.25) is 5.91 Å². The Labute approximate surface area is 183 Å².